The highest BCUT2D eigenvalue weighted by atomic mass is 19.4. The molecule has 0 aliphatic rings. The van der Waals surface area contributed by atoms with Gasteiger partial charge in [-0.1, -0.05) is 24.3 Å². The molecule has 8 heteroatoms. The number of alkyl halides is 6. The fourth-order valence-electron chi connectivity index (χ4n) is 2.85. The van der Waals surface area contributed by atoms with Crippen molar-refractivity contribution in [3.63, 3.8) is 0 Å². The van der Waals surface area contributed by atoms with Crippen LogP contribution in [-0.4, -0.2) is 4.98 Å². The lowest BCUT2D eigenvalue weighted by atomic mass is 9.96. The Bertz CT molecular complexity index is 1080. The summed E-state index contributed by atoms with van der Waals surface area (Å²) in [5.74, 6) is 0. The Hall–Kier alpha value is -3.34. The predicted octanol–water partition coefficient (Wildman–Crippen LogP) is 6.52. The quantitative estimate of drug-likeness (QED) is 0.465. The first-order valence-electron chi connectivity index (χ1n) is 8.31. The molecule has 0 saturated heterocycles. The molecule has 0 N–H and O–H groups in total. The van der Waals surface area contributed by atoms with E-state index in [1.54, 1.807) is 0 Å². The number of halogens is 6. The van der Waals surface area contributed by atoms with Crippen molar-refractivity contribution in [3.05, 3.63) is 77.6 Å². The number of nitrogens with zero attached hydrogens (tertiary/aromatic N) is 2. The summed E-state index contributed by atoms with van der Waals surface area (Å²) in [6.07, 6.45) is -7.95. The third-order valence-corrected chi connectivity index (χ3v) is 4.24. The van der Waals surface area contributed by atoms with Crippen LogP contribution in [0.4, 0.5) is 26.3 Å². The summed E-state index contributed by atoms with van der Waals surface area (Å²) in [5, 5.41) is 8.99. The van der Waals surface area contributed by atoms with Gasteiger partial charge in [-0.3, -0.25) is 4.98 Å². The average molecular weight is 406 g/mol. The van der Waals surface area contributed by atoms with Gasteiger partial charge in [0.1, 0.15) is 0 Å². The van der Waals surface area contributed by atoms with Gasteiger partial charge >= 0.3 is 12.4 Å². The van der Waals surface area contributed by atoms with E-state index >= 15 is 0 Å². The Morgan fingerprint density at radius 2 is 1.31 bits per heavy atom. The van der Waals surface area contributed by atoms with E-state index in [-0.39, 0.29) is 28.8 Å². The highest BCUT2D eigenvalue weighted by molar-refractivity contribution is 5.74. The lowest BCUT2D eigenvalue weighted by molar-refractivity contribution is -0.138. The van der Waals surface area contributed by atoms with Crippen molar-refractivity contribution in [3.8, 4) is 28.3 Å². The third-order valence-electron chi connectivity index (χ3n) is 4.24. The number of hydrogen-bond donors (Lipinski definition) is 0. The van der Waals surface area contributed by atoms with Gasteiger partial charge in [-0.2, -0.15) is 31.6 Å². The first-order valence-corrected chi connectivity index (χ1v) is 8.31. The summed E-state index contributed by atoms with van der Waals surface area (Å²) >= 11 is 0. The summed E-state index contributed by atoms with van der Waals surface area (Å²) in [5.41, 5.74) is -0.546. The van der Waals surface area contributed by atoms with Gasteiger partial charge in [0, 0.05) is 17.3 Å². The fraction of sp³-hybridized carbons (Fsp3) is 0.143. The maximum absolute atomic E-state index is 13.1. The topological polar surface area (TPSA) is 36.7 Å². The van der Waals surface area contributed by atoms with Crippen molar-refractivity contribution in [1.82, 2.24) is 4.98 Å². The Balaban J connectivity index is 2.15. The normalized spacial score (nSPS) is 11.9. The second-order valence-electron chi connectivity index (χ2n) is 6.21. The summed E-state index contributed by atoms with van der Waals surface area (Å²) in [4.78, 5) is 4.12. The van der Waals surface area contributed by atoms with Crippen molar-refractivity contribution < 1.29 is 26.3 Å². The highest BCUT2D eigenvalue weighted by Gasteiger charge is 2.31. The van der Waals surface area contributed by atoms with Gasteiger partial charge < -0.3 is 0 Å². The van der Waals surface area contributed by atoms with E-state index in [1.165, 1.54) is 36.5 Å². The van der Waals surface area contributed by atoms with Crippen molar-refractivity contribution in [2.45, 2.75) is 18.8 Å². The van der Waals surface area contributed by atoms with Gasteiger partial charge in [-0.15, -0.1) is 0 Å². The number of rotatable bonds is 3. The maximum atomic E-state index is 13.1. The van der Waals surface area contributed by atoms with Gasteiger partial charge in [-0.05, 0) is 41.5 Å². The van der Waals surface area contributed by atoms with Crippen LogP contribution in [0.3, 0.4) is 0 Å². The molecule has 1 heterocycles. The average Bonchev–Trinajstić information content (AvgIpc) is 2.67. The zero-order chi connectivity index (χ0) is 21.2. The van der Waals surface area contributed by atoms with Gasteiger partial charge in [0.05, 0.1) is 29.3 Å². The molecule has 0 atom stereocenters. The number of benzene rings is 2. The zero-order valence-corrected chi connectivity index (χ0v) is 14.6. The van der Waals surface area contributed by atoms with E-state index in [1.807, 2.05) is 6.07 Å². The van der Waals surface area contributed by atoms with Crippen LogP contribution in [0.2, 0.25) is 0 Å². The molecular weight excluding hydrogens is 394 g/mol. The SMILES string of the molecule is N#CCc1ncc(-c2cccc(C(F)(F)F)c2)cc1-c1cccc(C(F)(F)F)c1. The van der Waals surface area contributed by atoms with E-state index in [4.69, 9.17) is 5.26 Å². The van der Waals surface area contributed by atoms with Gasteiger partial charge in [0.25, 0.3) is 0 Å². The largest absolute Gasteiger partial charge is 0.416 e. The van der Waals surface area contributed by atoms with E-state index < -0.39 is 23.5 Å². The summed E-state index contributed by atoms with van der Waals surface area (Å²) in [6.45, 7) is 0. The maximum Gasteiger partial charge on any atom is 0.416 e. The van der Waals surface area contributed by atoms with Gasteiger partial charge in [-0.25, -0.2) is 0 Å². The Kier molecular flexibility index (Phi) is 5.33. The molecule has 0 fully saturated rings. The molecule has 0 aliphatic carbocycles. The van der Waals surface area contributed by atoms with Crippen LogP contribution >= 0.6 is 0 Å². The fourth-order valence-corrected chi connectivity index (χ4v) is 2.85. The monoisotopic (exact) mass is 406 g/mol. The van der Waals surface area contributed by atoms with Crippen LogP contribution in [0.1, 0.15) is 16.8 Å². The third kappa shape index (κ3) is 4.57. The Morgan fingerprint density at radius 3 is 1.86 bits per heavy atom. The molecule has 1 aromatic heterocycles. The lowest BCUT2D eigenvalue weighted by Crippen LogP contribution is -2.05. The molecule has 0 unspecified atom stereocenters. The lowest BCUT2D eigenvalue weighted by Gasteiger charge is -2.13. The molecule has 3 rings (SSSR count). The van der Waals surface area contributed by atoms with Crippen LogP contribution in [0.15, 0.2) is 60.8 Å². The molecule has 0 bridgehead atoms. The molecule has 0 spiro atoms. The Labute approximate surface area is 162 Å². The second-order valence-corrected chi connectivity index (χ2v) is 6.21. The summed E-state index contributed by atoms with van der Waals surface area (Å²) in [6, 6.07) is 12.4. The number of hydrogen-bond acceptors (Lipinski definition) is 2. The van der Waals surface area contributed by atoms with Crippen molar-refractivity contribution in [2.75, 3.05) is 0 Å². The minimum absolute atomic E-state index is 0.158. The molecule has 0 radical (unpaired) electrons. The van der Waals surface area contributed by atoms with Crippen LogP contribution in [0.25, 0.3) is 22.3 Å². The molecule has 2 nitrogen and oxygen atoms in total. The molecular formula is C21H12F6N2. The smallest absolute Gasteiger partial charge is 0.259 e. The predicted molar refractivity (Wildman–Crippen MR) is 94.4 cm³/mol. The van der Waals surface area contributed by atoms with Gasteiger partial charge in [0.2, 0.25) is 0 Å². The molecule has 3 aromatic rings. The molecule has 0 saturated carbocycles. The van der Waals surface area contributed by atoms with Crippen LogP contribution in [-0.2, 0) is 18.8 Å². The number of pyridine rings is 1. The van der Waals surface area contributed by atoms with Crippen molar-refractivity contribution >= 4 is 0 Å². The minimum Gasteiger partial charge on any atom is -0.259 e. The Morgan fingerprint density at radius 1 is 0.759 bits per heavy atom. The van der Waals surface area contributed by atoms with E-state index in [2.05, 4.69) is 4.98 Å². The molecule has 148 valence electrons. The van der Waals surface area contributed by atoms with E-state index in [0.29, 0.717) is 5.56 Å². The number of nitriles is 1. The first-order chi connectivity index (χ1) is 13.6. The van der Waals surface area contributed by atoms with Crippen molar-refractivity contribution in [1.29, 1.82) is 5.26 Å². The molecule has 2 aromatic carbocycles. The summed E-state index contributed by atoms with van der Waals surface area (Å²) < 4.78 is 78.1. The van der Waals surface area contributed by atoms with Crippen LogP contribution < -0.4 is 0 Å². The first kappa shape index (κ1) is 20.4. The molecule has 29 heavy (non-hydrogen) atoms. The zero-order valence-electron chi connectivity index (χ0n) is 14.6. The number of aromatic nitrogens is 1. The van der Waals surface area contributed by atoms with Crippen LogP contribution in [0.5, 0.6) is 0 Å². The van der Waals surface area contributed by atoms with Crippen molar-refractivity contribution in [2.24, 2.45) is 0 Å². The highest BCUT2D eigenvalue weighted by Crippen LogP contribution is 2.36. The van der Waals surface area contributed by atoms with E-state index in [0.717, 1.165) is 24.3 Å². The van der Waals surface area contributed by atoms with E-state index in [9.17, 15) is 26.3 Å². The summed E-state index contributed by atoms with van der Waals surface area (Å²) in [7, 11) is 0. The van der Waals surface area contributed by atoms with Gasteiger partial charge in [0.15, 0.2) is 0 Å². The minimum atomic E-state index is -4.56. The second kappa shape index (κ2) is 7.59. The standard InChI is InChI=1S/C21H12F6N2/c22-20(23,24)16-5-1-3-13(9-16)15-11-18(19(7-8-28)29-12-15)14-4-2-6-17(10-14)21(25,26)27/h1-6,9-12H,7H2. The van der Waals surface area contributed by atoms with Crippen LogP contribution in [0, 0.1) is 11.3 Å². The molecule has 0 aliphatic heterocycles. The molecule has 0 amide bonds.